The lowest BCUT2D eigenvalue weighted by Crippen LogP contribution is -2.19. The van der Waals surface area contributed by atoms with Gasteiger partial charge in [-0.2, -0.15) is 0 Å². The smallest absolute Gasteiger partial charge is 0.331 e. The lowest BCUT2D eigenvalue weighted by molar-refractivity contribution is -0.135. The average Bonchev–Trinajstić information content (AvgIpc) is 3.08. The Morgan fingerprint density at radius 2 is 1.80 bits per heavy atom. The molecule has 4 nitrogen and oxygen atoms in total. The van der Waals surface area contributed by atoms with E-state index in [9.17, 15) is 4.79 Å². The van der Waals surface area contributed by atoms with Crippen LogP contribution in [0.25, 0.3) is 0 Å². The van der Waals surface area contributed by atoms with E-state index in [2.05, 4.69) is 12.2 Å². The standard InChI is InChI=1S/C16H22O4/c1-2-12(16(17)18)11-15(19-13-7-3-4-8-13)20-14-9-5-6-10-14/h2,7,9,15H,3-6,8,10-11H2,1H3,(H,17,18)/b12-2+. The first-order valence-electron chi connectivity index (χ1n) is 7.29. The predicted molar refractivity (Wildman–Crippen MR) is 75.8 cm³/mol. The fourth-order valence-corrected chi connectivity index (χ4v) is 2.45. The van der Waals surface area contributed by atoms with Gasteiger partial charge in [0.25, 0.3) is 0 Å². The monoisotopic (exact) mass is 278 g/mol. The predicted octanol–water partition coefficient (Wildman–Crippen LogP) is 3.90. The van der Waals surface area contributed by atoms with Crippen LogP contribution in [-0.2, 0) is 14.3 Å². The number of rotatable bonds is 7. The van der Waals surface area contributed by atoms with Gasteiger partial charge in [0, 0.05) is 18.4 Å². The van der Waals surface area contributed by atoms with E-state index in [4.69, 9.17) is 14.6 Å². The van der Waals surface area contributed by atoms with Gasteiger partial charge in [0.05, 0.1) is 17.9 Å². The normalized spacial score (nSPS) is 19.0. The number of hydrogen-bond donors (Lipinski definition) is 1. The third-order valence-corrected chi connectivity index (χ3v) is 3.57. The van der Waals surface area contributed by atoms with Crippen molar-refractivity contribution in [2.45, 2.75) is 58.2 Å². The molecule has 20 heavy (non-hydrogen) atoms. The van der Waals surface area contributed by atoms with Crippen LogP contribution < -0.4 is 0 Å². The number of carboxylic acid groups (broad SMARTS) is 1. The maximum atomic E-state index is 11.1. The van der Waals surface area contributed by atoms with Crippen molar-refractivity contribution < 1.29 is 19.4 Å². The van der Waals surface area contributed by atoms with Gasteiger partial charge in [0.1, 0.15) is 0 Å². The van der Waals surface area contributed by atoms with Gasteiger partial charge in [-0.25, -0.2) is 4.79 Å². The summed E-state index contributed by atoms with van der Waals surface area (Å²) in [5.41, 5.74) is 0.326. The van der Waals surface area contributed by atoms with E-state index < -0.39 is 12.3 Å². The maximum Gasteiger partial charge on any atom is 0.331 e. The zero-order valence-electron chi connectivity index (χ0n) is 11.9. The van der Waals surface area contributed by atoms with Crippen LogP contribution in [0.1, 0.15) is 51.9 Å². The SMILES string of the molecule is C/C=C(\CC(OC1=CCCC1)OC1=CCCC1)C(=O)O. The molecule has 0 saturated heterocycles. The molecule has 0 aliphatic heterocycles. The van der Waals surface area contributed by atoms with Crippen LogP contribution >= 0.6 is 0 Å². The molecule has 110 valence electrons. The molecule has 2 aliphatic carbocycles. The second-order valence-corrected chi connectivity index (χ2v) is 5.11. The molecule has 0 bridgehead atoms. The van der Waals surface area contributed by atoms with Gasteiger partial charge in [-0.1, -0.05) is 6.08 Å². The molecular weight excluding hydrogens is 256 g/mol. The van der Waals surface area contributed by atoms with Gasteiger partial charge < -0.3 is 14.6 Å². The number of hydrogen-bond acceptors (Lipinski definition) is 3. The molecule has 2 rings (SSSR count). The highest BCUT2D eigenvalue weighted by Crippen LogP contribution is 2.27. The van der Waals surface area contributed by atoms with Crippen molar-refractivity contribution in [3.05, 3.63) is 35.3 Å². The molecule has 0 atom stereocenters. The van der Waals surface area contributed by atoms with Crippen molar-refractivity contribution in [2.24, 2.45) is 0 Å². The molecular formula is C16H22O4. The van der Waals surface area contributed by atoms with Gasteiger partial charge >= 0.3 is 5.97 Å². The lowest BCUT2D eigenvalue weighted by atomic mass is 10.2. The van der Waals surface area contributed by atoms with Crippen molar-refractivity contribution in [1.29, 1.82) is 0 Å². The highest BCUT2D eigenvalue weighted by Gasteiger charge is 2.22. The molecule has 1 N–H and O–H groups in total. The molecule has 0 fully saturated rings. The molecule has 0 heterocycles. The summed E-state index contributed by atoms with van der Waals surface area (Å²) in [5.74, 6) is 0.939. The van der Waals surface area contributed by atoms with Gasteiger partial charge in [0.2, 0.25) is 6.29 Å². The number of aliphatic carboxylic acids is 1. The average molecular weight is 278 g/mol. The second-order valence-electron chi connectivity index (χ2n) is 5.11. The van der Waals surface area contributed by atoms with E-state index in [0.29, 0.717) is 5.57 Å². The summed E-state index contributed by atoms with van der Waals surface area (Å²) < 4.78 is 11.7. The van der Waals surface area contributed by atoms with E-state index in [0.717, 1.165) is 50.0 Å². The first kappa shape index (κ1) is 14.7. The second kappa shape index (κ2) is 7.17. The lowest BCUT2D eigenvalue weighted by Gasteiger charge is -2.22. The zero-order valence-corrected chi connectivity index (χ0v) is 11.9. The minimum atomic E-state index is -0.912. The van der Waals surface area contributed by atoms with Gasteiger partial charge in [0.15, 0.2) is 0 Å². The maximum absolute atomic E-state index is 11.1. The topological polar surface area (TPSA) is 55.8 Å². The zero-order chi connectivity index (χ0) is 14.4. The van der Waals surface area contributed by atoms with Crippen LogP contribution in [0.3, 0.4) is 0 Å². The Balaban J connectivity index is 2.00. The van der Waals surface area contributed by atoms with E-state index >= 15 is 0 Å². The number of ether oxygens (including phenoxy) is 2. The Bertz CT molecular complexity index is 419. The molecule has 4 heteroatoms. The first-order valence-corrected chi connectivity index (χ1v) is 7.29. The minimum Gasteiger partial charge on any atom is -0.478 e. The Morgan fingerprint density at radius 3 is 2.15 bits per heavy atom. The Hall–Kier alpha value is -1.71. The van der Waals surface area contributed by atoms with Gasteiger partial charge in [-0.3, -0.25) is 0 Å². The van der Waals surface area contributed by atoms with Crippen molar-refractivity contribution in [2.75, 3.05) is 0 Å². The van der Waals surface area contributed by atoms with Crippen molar-refractivity contribution in [1.82, 2.24) is 0 Å². The molecule has 0 radical (unpaired) electrons. The van der Waals surface area contributed by atoms with Crippen LogP contribution in [0, 0.1) is 0 Å². The quantitative estimate of drug-likeness (QED) is 0.567. The fraction of sp³-hybridized carbons (Fsp3) is 0.562. The molecule has 0 aromatic heterocycles. The van der Waals surface area contributed by atoms with Crippen molar-refractivity contribution >= 4 is 5.97 Å². The molecule has 0 aromatic rings. The van der Waals surface area contributed by atoms with Gasteiger partial charge in [-0.05, 0) is 44.8 Å². The first-order chi connectivity index (χ1) is 9.69. The molecule has 0 saturated carbocycles. The van der Waals surface area contributed by atoms with Crippen molar-refractivity contribution in [3.8, 4) is 0 Å². The summed E-state index contributed by atoms with van der Waals surface area (Å²) in [6.45, 7) is 1.73. The Kier molecular flexibility index (Phi) is 5.27. The fourth-order valence-electron chi connectivity index (χ4n) is 2.45. The molecule has 2 aliphatic rings. The largest absolute Gasteiger partial charge is 0.478 e. The minimum absolute atomic E-state index is 0.264. The molecule has 0 amide bonds. The van der Waals surface area contributed by atoms with Crippen molar-refractivity contribution in [3.63, 3.8) is 0 Å². The highest BCUT2D eigenvalue weighted by atomic mass is 16.7. The Labute approximate surface area is 119 Å². The number of carbonyl (C=O) groups is 1. The summed E-state index contributed by atoms with van der Waals surface area (Å²) in [6, 6.07) is 0. The summed E-state index contributed by atoms with van der Waals surface area (Å²) in [5, 5.41) is 9.14. The molecule has 0 spiro atoms. The summed E-state index contributed by atoms with van der Waals surface area (Å²) in [4.78, 5) is 11.1. The highest BCUT2D eigenvalue weighted by molar-refractivity contribution is 5.86. The summed E-state index contributed by atoms with van der Waals surface area (Å²) >= 11 is 0. The van der Waals surface area contributed by atoms with Crippen LogP contribution in [0.2, 0.25) is 0 Å². The number of carboxylic acids is 1. The molecule has 0 unspecified atom stereocenters. The summed E-state index contributed by atoms with van der Waals surface area (Å²) in [7, 11) is 0. The van der Waals surface area contributed by atoms with E-state index in [-0.39, 0.29) is 6.42 Å². The third-order valence-electron chi connectivity index (χ3n) is 3.57. The molecule has 0 aromatic carbocycles. The van der Waals surface area contributed by atoms with Crippen LogP contribution in [-0.4, -0.2) is 17.4 Å². The van der Waals surface area contributed by atoms with Gasteiger partial charge in [-0.15, -0.1) is 0 Å². The van der Waals surface area contributed by atoms with Crippen LogP contribution in [0.15, 0.2) is 35.3 Å². The third kappa shape index (κ3) is 4.15. The van der Waals surface area contributed by atoms with E-state index in [1.54, 1.807) is 13.0 Å². The summed E-state index contributed by atoms with van der Waals surface area (Å²) in [6.07, 6.45) is 11.5. The van der Waals surface area contributed by atoms with Crippen LogP contribution in [0.5, 0.6) is 0 Å². The van der Waals surface area contributed by atoms with Crippen LogP contribution in [0.4, 0.5) is 0 Å². The van der Waals surface area contributed by atoms with E-state index in [1.807, 2.05) is 0 Å². The number of allylic oxidation sites excluding steroid dienone is 5. The van der Waals surface area contributed by atoms with E-state index in [1.165, 1.54) is 0 Å². The Morgan fingerprint density at radius 1 is 1.25 bits per heavy atom.